The number of piperidine rings is 1. The first kappa shape index (κ1) is 22.8. The summed E-state index contributed by atoms with van der Waals surface area (Å²) in [6.45, 7) is 3.76. The van der Waals surface area contributed by atoms with E-state index in [1.807, 2.05) is 65.6 Å². The first-order chi connectivity index (χ1) is 16.1. The molecular weight excluding hydrogens is 408 g/mol. The van der Waals surface area contributed by atoms with Crippen LogP contribution in [0.2, 0.25) is 0 Å². The topological polar surface area (TPSA) is 49.4 Å². The normalized spacial score (nSPS) is 15.1. The fourth-order valence-corrected chi connectivity index (χ4v) is 4.77. The van der Waals surface area contributed by atoms with Gasteiger partial charge >= 0.3 is 0 Å². The fraction of sp³-hybridized carbons (Fsp3) is 0.310. The number of hydrogen-bond donors (Lipinski definition) is 1. The van der Waals surface area contributed by atoms with E-state index in [0.29, 0.717) is 38.9 Å². The SMILES string of the molecule is Cc1cccc(CNC(=O)C2(c3ccccc3)CCN(C(=O)CCc3ccccc3)CC2)c1. The number of nitrogens with zero attached hydrogens (tertiary/aromatic N) is 1. The van der Waals surface area contributed by atoms with Crippen molar-refractivity contribution in [2.24, 2.45) is 0 Å². The minimum Gasteiger partial charge on any atom is -0.351 e. The molecule has 2 amide bonds. The van der Waals surface area contributed by atoms with Crippen LogP contribution in [-0.2, 0) is 28.0 Å². The largest absolute Gasteiger partial charge is 0.351 e. The Labute approximate surface area is 196 Å². The summed E-state index contributed by atoms with van der Waals surface area (Å²) in [5.41, 5.74) is 3.88. The Balaban J connectivity index is 1.42. The molecule has 0 spiro atoms. The smallest absolute Gasteiger partial charge is 0.231 e. The van der Waals surface area contributed by atoms with Crippen LogP contribution in [0.1, 0.15) is 41.5 Å². The summed E-state index contributed by atoms with van der Waals surface area (Å²) >= 11 is 0. The van der Waals surface area contributed by atoms with E-state index in [-0.39, 0.29) is 11.8 Å². The monoisotopic (exact) mass is 440 g/mol. The van der Waals surface area contributed by atoms with Crippen LogP contribution in [0.25, 0.3) is 0 Å². The van der Waals surface area contributed by atoms with Gasteiger partial charge in [-0.15, -0.1) is 0 Å². The highest BCUT2D eigenvalue weighted by molar-refractivity contribution is 5.89. The number of carbonyl (C=O) groups excluding carboxylic acids is 2. The fourth-order valence-electron chi connectivity index (χ4n) is 4.77. The van der Waals surface area contributed by atoms with Crippen LogP contribution < -0.4 is 5.32 Å². The van der Waals surface area contributed by atoms with Crippen molar-refractivity contribution < 1.29 is 9.59 Å². The number of carbonyl (C=O) groups is 2. The Kier molecular flexibility index (Phi) is 7.23. The lowest BCUT2D eigenvalue weighted by Crippen LogP contribution is -2.52. The highest BCUT2D eigenvalue weighted by Gasteiger charge is 2.43. The molecule has 0 unspecified atom stereocenters. The molecule has 3 aromatic carbocycles. The van der Waals surface area contributed by atoms with Gasteiger partial charge in [0.15, 0.2) is 0 Å². The van der Waals surface area contributed by atoms with Crippen LogP contribution in [0.4, 0.5) is 0 Å². The second kappa shape index (κ2) is 10.5. The summed E-state index contributed by atoms with van der Waals surface area (Å²) in [7, 11) is 0. The number of benzene rings is 3. The van der Waals surface area contributed by atoms with E-state index >= 15 is 0 Å². The van der Waals surface area contributed by atoms with Gasteiger partial charge in [-0.05, 0) is 42.9 Å². The molecule has 4 heteroatoms. The highest BCUT2D eigenvalue weighted by atomic mass is 16.2. The van der Waals surface area contributed by atoms with Gasteiger partial charge in [0.1, 0.15) is 0 Å². The summed E-state index contributed by atoms with van der Waals surface area (Å²) in [6, 6.07) is 28.4. The van der Waals surface area contributed by atoms with Gasteiger partial charge < -0.3 is 10.2 Å². The van der Waals surface area contributed by atoms with E-state index < -0.39 is 5.41 Å². The first-order valence-electron chi connectivity index (χ1n) is 11.8. The molecule has 33 heavy (non-hydrogen) atoms. The van der Waals surface area contributed by atoms with Crippen molar-refractivity contribution in [2.45, 2.75) is 44.6 Å². The molecule has 1 aliphatic rings. The van der Waals surface area contributed by atoms with Crippen molar-refractivity contribution in [1.29, 1.82) is 0 Å². The van der Waals surface area contributed by atoms with E-state index in [1.54, 1.807) is 0 Å². The number of likely N-dealkylation sites (tertiary alicyclic amines) is 1. The van der Waals surface area contributed by atoms with Crippen LogP contribution in [0, 0.1) is 6.92 Å². The Morgan fingerprint density at radius 3 is 2.15 bits per heavy atom. The Bertz CT molecular complexity index is 1070. The minimum absolute atomic E-state index is 0.0478. The van der Waals surface area contributed by atoms with Gasteiger partial charge in [0.2, 0.25) is 11.8 Å². The number of nitrogens with one attached hydrogen (secondary N) is 1. The van der Waals surface area contributed by atoms with Crippen LogP contribution in [0.15, 0.2) is 84.9 Å². The molecule has 1 fully saturated rings. The van der Waals surface area contributed by atoms with Gasteiger partial charge in [0.05, 0.1) is 5.41 Å². The summed E-state index contributed by atoms with van der Waals surface area (Å²) in [5.74, 6) is 0.215. The number of rotatable bonds is 7. The predicted molar refractivity (Wildman–Crippen MR) is 132 cm³/mol. The molecule has 3 aromatic rings. The zero-order chi connectivity index (χ0) is 23.1. The van der Waals surface area contributed by atoms with Crippen molar-refractivity contribution >= 4 is 11.8 Å². The molecule has 0 aromatic heterocycles. The maximum Gasteiger partial charge on any atom is 0.231 e. The minimum atomic E-state index is -0.610. The van der Waals surface area contributed by atoms with Crippen molar-refractivity contribution in [3.63, 3.8) is 0 Å². The van der Waals surface area contributed by atoms with Crippen molar-refractivity contribution in [2.75, 3.05) is 13.1 Å². The van der Waals surface area contributed by atoms with Gasteiger partial charge in [-0.2, -0.15) is 0 Å². The Hall–Kier alpha value is -3.40. The van der Waals surface area contributed by atoms with Crippen LogP contribution in [0.3, 0.4) is 0 Å². The van der Waals surface area contributed by atoms with E-state index in [1.165, 1.54) is 11.1 Å². The van der Waals surface area contributed by atoms with Crippen LogP contribution in [0.5, 0.6) is 0 Å². The Morgan fingerprint density at radius 2 is 1.48 bits per heavy atom. The van der Waals surface area contributed by atoms with Crippen molar-refractivity contribution in [1.82, 2.24) is 10.2 Å². The van der Waals surface area contributed by atoms with Crippen LogP contribution >= 0.6 is 0 Å². The molecule has 0 atom stereocenters. The van der Waals surface area contributed by atoms with E-state index in [0.717, 1.165) is 17.5 Å². The zero-order valence-corrected chi connectivity index (χ0v) is 19.3. The molecule has 4 nitrogen and oxygen atoms in total. The standard InChI is InChI=1S/C29H32N2O2/c1-23-9-8-12-25(21-23)22-30-28(33)29(26-13-6-3-7-14-26)17-19-31(20-18-29)27(32)16-15-24-10-4-2-5-11-24/h2-14,21H,15-20,22H2,1H3,(H,30,33). The molecule has 0 radical (unpaired) electrons. The molecule has 1 saturated heterocycles. The van der Waals surface area contributed by atoms with Gasteiger partial charge in [-0.3, -0.25) is 9.59 Å². The Morgan fingerprint density at radius 1 is 0.848 bits per heavy atom. The molecular formula is C29H32N2O2. The van der Waals surface area contributed by atoms with E-state index in [2.05, 4.69) is 36.5 Å². The zero-order valence-electron chi connectivity index (χ0n) is 19.3. The lowest BCUT2D eigenvalue weighted by Gasteiger charge is -2.41. The molecule has 170 valence electrons. The molecule has 1 aliphatic heterocycles. The van der Waals surface area contributed by atoms with Gasteiger partial charge in [-0.1, -0.05) is 90.5 Å². The lowest BCUT2D eigenvalue weighted by molar-refractivity contribution is -0.137. The van der Waals surface area contributed by atoms with E-state index in [9.17, 15) is 9.59 Å². The maximum absolute atomic E-state index is 13.6. The second-order valence-corrected chi connectivity index (χ2v) is 8.99. The van der Waals surface area contributed by atoms with Crippen LogP contribution in [-0.4, -0.2) is 29.8 Å². The average molecular weight is 441 g/mol. The predicted octanol–water partition coefficient (Wildman–Crippen LogP) is 4.80. The number of aryl methyl sites for hydroxylation is 2. The maximum atomic E-state index is 13.6. The van der Waals surface area contributed by atoms with Crippen molar-refractivity contribution in [3.05, 3.63) is 107 Å². The molecule has 1 heterocycles. The third-order valence-electron chi connectivity index (χ3n) is 6.74. The first-order valence-corrected chi connectivity index (χ1v) is 11.8. The molecule has 0 bridgehead atoms. The summed E-state index contributed by atoms with van der Waals surface area (Å²) < 4.78 is 0. The second-order valence-electron chi connectivity index (χ2n) is 8.99. The van der Waals surface area contributed by atoms with Gasteiger partial charge in [0, 0.05) is 26.1 Å². The van der Waals surface area contributed by atoms with E-state index in [4.69, 9.17) is 0 Å². The average Bonchev–Trinajstić information content (AvgIpc) is 2.87. The molecule has 1 N–H and O–H groups in total. The number of hydrogen-bond acceptors (Lipinski definition) is 2. The van der Waals surface area contributed by atoms with Gasteiger partial charge in [-0.25, -0.2) is 0 Å². The highest BCUT2D eigenvalue weighted by Crippen LogP contribution is 2.36. The number of amides is 2. The third kappa shape index (κ3) is 5.51. The summed E-state index contributed by atoms with van der Waals surface area (Å²) in [4.78, 5) is 28.3. The molecule has 0 aliphatic carbocycles. The molecule has 0 saturated carbocycles. The summed E-state index contributed by atoms with van der Waals surface area (Å²) in [5, 5.41) is 3.18. The van der Waals surface area contributed by atoms with Gasteiger partial charge in [0.25, 0.3) is 0 Å². The van der Waals surface area contributed by atoms with Crippen molar-refractivity contribution in [3.8, 4) is 0 Å². The summed E-state index contributed by atoms with van der Waals surface area (Å²) in [6.07, 6.45) is 2.51. The third-order valence-corrected chi connectivity index (χ3v) is 6.74. The lowest BCUT2D eigenvalue weighted by atomic mass is 9.72. The molecule has 4 rings (SSSR count). The quantitative estimate of drug-likeness (QED) is 0.574.